The number of methoxy groups -OCH3 is 1. The predicted molar refractivity (Wildman–Crippen MR) is 120 cm³/mol. The first kappa shape index (κ1) is 21.6. The smallest absolute Gasteiger partial charge is 0.337 e. The maximum Gasteiger partial charge on any atom is 0.337 e. The number of benzene rings is 2. The maximum atomic E-state index is 12.9. The first-order chi connectivity index (χ1) is 16.0. The number of nitrogens with zero attached hydrogens (tertiary/aromatic N) is 4. The molecule has 0 aliphatic carbocycles. The molecular formula is C22H20N6O5. The minimum absolute atomic E-state index is 0.0476. The number of esters is 1. The lowest BCUT2D eigenvalue weighted by atomic mass is 10.2. The molecule has 2 heterocycles. The molecular weight excluding hydrogens is 428 g/mol. The zero-order chi connectivity index (χ0) is 23.5. The molecule has 4 aromatic rings. The first-order valence-corrected chi connectivity index (χ1v) is 9.89. The van der Waals surface area contributed by atoms with E-state index >= 15 is 0 Å². The van der Waals surface area contributed by atoms with E-state index in [9.17, 15) is 14.8 Å². The van der Waals surface area contributed by atoms with E-state index in [1.165, 1.54) is 17.7 Å². The first-order valence-electron chi connectivity index (χ1n) is 9.89. The molecule has 0 unspecified atom stereocenters. The summed E-state index contributed by atoms with van der Waals surface area (Å²) < 4.78 is 11.5. The number of nitrogens with two attached hydrogens (primary N) is 1. The average molecular weight is 448 g/mol. The Morgan fingerprint density at radius 1 is 1.21 bits per heavy atom. The fourth-order valence-electron chi connectivity index (χ4n) is 3.34. The van der Waals surface area contributed by atoms with Gasteiger partial charge in [0.1, 0.15) is 17.0 Å². The van der Waals surface area contributed by atoms with Gasteiger partial charge in [0.05, 0.1) is 25.0 Å². The van der Waals surface area contributed by atoms with Gasteiger partial charge in [0.25, 0.3) is 0 Å². The Balaban J connectivity index is 1.96. The molecule has 0 radical (unpaired) electrons. The molecule has 4 N–H and O–H groups in total. The van der Waals surface area contributed by atoms with Crippen LogP contribution in [0.15, 0.2) is 58.5 Å². The van der Waals surface area contributed by atoms with Crippen LogP contribution in [0.1, 0.15) is 23.0 Å². The van der Waals surface area contributed by atoms with Crippen LogP contribution in [0.2, 0.25) is 0 Å². The van der Waals surface area contributed by atoms with Crippen LogP contribution in [0, 0.1) is 0 Å². The maximum absolute atomic E-state index is 12.9. The number of ether oxygens (including phenoxy) is 2. The fourth-order valence-corrected chi connectivity index (χ4v) is 3.34. The molecule has 2 aromatic carbocycles. The number of rotatable bonds is 6. The molecule has 4 rings (SSSR count). The van der Waals surface area contributed by atoms with Crippen LogP contribution in [0.25, 0.3) is 28.2 Å². The highest BCUT2D eigenvalue weighted by Gasteiger charge is 2.20. The zero-order valence-electron chi connectivity index (χ0n) is 17.8. The Morgan fingerprint density at radius 3 is 2.64 bits per heavy atom. The number of hydrogen-bond donors (Lipinski definition) is 3. The quantitative estimate of drug-likeness (QED) is 0.133. The van der Waals surface area contributed by atoms with Gasteiger partial charge >= 0.3 is 11.7 Å². The topological polar surface area (TPSA) is 158 Å². The van der Waals surface area contributed by atoms with Gasteiger partial charge in [0.15, 0.2) is 17.3 Å². The standard InChI is InChI=1S/C22H20N6O5/c1-3-33-15-9-7-12(8-10-15)19-24-16(18(23)27-31)17-20(26-19)28(22(30)25-17)14-6-4-5-13(11-14)21(29)32-2/h4-11,31H,3H2,1-2H3,(H2,23,27)(H,25,30). The van der Waals surface area contributed by atoms with Crippen molar-refractivity contribution in [3.63, 3.8) is 0 Å². The van der Waals surface area contributed by atoms with Crippen LogP contribution < -0.4 is 16.2 Å². The summed E-state index contributed by atoms with van der Waals surface area (Å²) in [6.45, 7) is 2.41. The number of amidine groups is 1. The van der Waals surface area contributed by atoms with Crippen molar-refractivity contribution >= 4 is 23.0 Å². The van der Waals surface area contributed by atoms with Crippen molar-refractivity contribution in [3.8, 4) is 22.8 Å². The van der Waals surface area contributed by atoms with Crippen LogP contribution >= 0.6 is 0 Å². The average Bonchev–Trinajstić information content (AvgIpc) is 3.18. The van der Waals surface area contributed by atoms with Crippen molar-refractivity contribution in [2.45, 2.75) is 6.92 Å². The van der Waals surface area contributed by atoms with Gasteiger partial charge in [-0.1, -0.05) is 11.2 Å². The predicted octanol–water partition coefficient (Wildman–Crippen LogP) is 2.06. The number of aromatic amines is 1. The molecule has 0 spiro atoms. The zero-order valence-corrected chi connectivity index (χ0v) is 17.8. The van der Waals surface area contributed by atoms with Crippen molar-refractivity contribution in [1.29, 1.82) is 0 Å². The van der Waals surface area contributed by atoms with Gasteiger partial charge in [-0.25, -0.2) is 24.1 Å². The third kappa shape index (κ3) is 3.99. The van der Waals surface area contributed by atoms with Gasteiger partial charge in [-0.05, 0) is 49.4 Å². The number of oxime groups is 1. The molecule has 0 aliphatic heterocycles. The molecule has 0 amide bonds. The van der Waals surface area contributed by atoms with Crippen molar-refractivity contribution in [2.24, 2.45) is 10.9 Å². The molecule has 0 saturated carbocycles. The van der Waals surface area contributed by atoms with Gasteiger partial charge in [-0.3, -0.25) is 0 Å². The third-order valence-electron chi connectivity index (χ3n) is 4.84. The number of aromatic nitrogens is 4. The highest BCUT2D eigenvalue weighted by Crippen LogP contribution is 2.24. The lowest BCUT2D eigenvalue weighted by Gasteiger charge is -2.09. The summed E-state index contributed by atoms with van der Waals surface area (Å²) in [5.41, 5.74) is 6.96. The lowest BCUT2D eigenvalue weighted by molar-refractivity contribution is 0.0600. The molecule has 11 nitrogen and oxygen atoms in total. The van der Waals surface area contributed by atoms with E-state index in [1.807, 2.05) is 6.92 Å². The van der Waals surface area contributed by atoms with E-state index in [-0.39, 0.29) is 34.1 Å². The van der Waals surface area contributed by atoms with Crippen LogP contribution in [-0.2, 0) is 4.74 Å². The number of imidazole rings is 1. The Bertz CT molecular complexity index is 1420. The highest BCUT2D eigenvalue weighted by atomic mass is 16.5. The van der Waals surface area contributed by atoms with Gasteiger partial charge in [-0.15, -0.1) is 0 Å². The van der Waals surface area contributed by atoms with Crippen molar-refractivity contribution in [1.82, 2.24) is 19.5 Å². The summed E-state index contributed by atoms with van der Waals surface area (Å²) in [7, 11) is 1.27. The van der Waals surface area contributed by atoms with E-state index < -0.39 is 11.7 Å². The van der Waals surface area contributed by atoms with Crippen LogP contribution in [0.4, 0.5) is 0 Å². The number of carbonyl (C=O) groups excluding carboxylic acids is 1. The molecule has 168 valence electrons. The summed E-state index contributed by atoms with van der Waals surface area (Å²) in [4.78, 5) is 36.5. The number of hydrogen-bond acceptors (Lipinski definition) is 8. The monoisotopic (exact) mass is 448 g/mol. The Labute approximate surface area is 187 Å². The number of nitrogens with one attached hydrogen (secondary N) is 1. The Kier molecular flexibility index (Phi) is 5.77. The van der Waals surface area contributed by atoms with Crippen molar-refractivity contribution in [2.75, 3.05) is 13.7 Å². The van der Waals surface area contributed by atoms with E-state index in [1.54, 1.807) is 42.5 Å². The second-order valence-corrected chi connectivity index (χ2v) is 6.84. The molecule has 33 heavy (non-hydrogen) atoms. The van der Waals surface area contributed by atoms with Crippen molar-refractivity contribution < 1.29 is 19.5 Å². The van der Waals surface area contributed by atoms with Crippen LogP contribution in [-0.4, -0.2) is 50.2 Å². The third-order valence-corrected chi connectivity index (χ3v) is 4.84. The minimum atomic E-state index is -0.549. The van der Waals surface area contributed by atoms with E-state index in [0.717, 1.165) is 0 Å². The minimum Gasteiger partial charge on any atom is -0.494 e. The second kappa shape index (κ2) is 8.83. The second-order valence-electron chi connectivity index (χ2n) is 6.84. The molecule has 11 heteroatoms. The molecule has 0 fully saturated rings. The van der Waals surface area contributed by atoms with Gasteiger partial charge in [-0.2, -0.15) is 0 Å². The molecule has 0 aliphatic rings. The van der Waals surface area contributed by atoms with Gasteiger partial charge in [0.2, 0.25) is 0 Å². The van der Waals surface area contributed by atoms with E-state index in [4.69, 9.17) is 15.2 Å². The SMILES string of the molecule is CCOc1ccc(-c2nc(/C(N)=N\O)c3[nH]c(=O)n(-c4cccc(C(=O)OC)c4)c3n2)cc1. The normalized spacial score (nSPS) is 11.5. The van der Waals surface area contributed by atoms with Crippen molar-refractivity contribution in [3.05, 3.63) is 70.3 Å². The molecule has 0 atom stereocenters. The summed E-state index contributed by atoms with van der Waals surface area (Å²) in [5, 5.41) is 12.3. The van der Waals surface area contributed by atoms with E-state index in [0.29, 0.717) is 23.6 Å². The number of H-pyrrole nitrogens is 1. The summed E-state index contributed by atoms with van der Waals surface area (Å²) in [6.07, 6.45) is 0. The Hall–Kier alpha value is -4.67. The van der Waals surface area contributed by atoms with Crippen LogP contribution in [0.5, 0.6) is 5.75 Å². The van der Waals surface area contributed by atoms with Gasteiger partial charge in [0, 0.05) is 5.56 Å². The highest BCUT2D eigenvalue weighted by molar-refractivity contribution is 6.05. The number of fused-ring (bicyclic) bond motifs is 1. The van der Waals surface area contributed by atoms with E-state index in [2.05, 4.69) is 20.1 Å². The fraction of sp³-hybridized carbons (Fsp3) is 0.136. The van der Waals surface area contributed by atoms with Gasteiger partial charge < -0.3 is 25.4 Å². The van der Waals surface area contributed by atoms with Crippen LogP contribution in [0.3, 0.4) is 0 Å². The summed E-state index contributed by atoms with van der Waals surface area (Å²) >= 11 is 0. The molecule has 2 aromatic heterocycles. The summed E-state index contributed by atoms with van der Waals surface area (Å²) in [6, 6.07) is 13.4. The number of carbonyl (C=O) groups is 1. The lowest BCUT2D eigenvalue weighted by Crippen LogP contribution is -2.17. The largest absolute Gasteiger partial charge is 0.494 e. The summed E-state index contributed by atoms with van der Waals surface area (Å²) in [5.74, 6) is 0.0688. The Morgan fingerprint density at radius 2 is 1.97 bits per heavy atom. The molecule has 0 saturated heterocycles. The molecule has 0 bridgehead atoms.